The molecule has 0 aromatic heterocycles. The minimum atomic E-state index is -1.19. The Morgan fingerprint density at radius 1 is 0.304 bits per heavy atom. The van der Waals surface area contributed by atoms with Gasteiger partial charge in [0.25, 0.3) is 0 Å². The molecule has 0 atom stereocenters. The van der Waals surface area contributed by atoms with E-state index in [-0.39, 0.29) is 36.7 Å². The smallest absolute Gasteiger partial charge is 0.338 e. The molecule has 0 saturated heterocycles. The van der Waals surface area contributed by atoms with E-state index in [0.29, 0.717) is 18.4 Å². The van der Waals surface area contributed by atoms with Gasteiger partial charge in [-0.05, 0) is 312 Å². The monoisotopic (exact) mass is 1780 g/mol. The zero-order chi connectivity index (χ0) is 95.0. The van der Waals surface area contributed by atoms with Crippen LogP contribution in [0.3, 0.4) is 0 Å². The highest BCUT2D eigenvalue weighted by Crippen LogP contribution is 2.42. The molecule has 0 aliphatic rings. The van der Waals surface area contributed by atoms with Crippen molar-refractivity contribution in [2.45, 2.75) is 61.0 Å². The van der Waals surface area contributed by atoms with Gasteiger partial charge in [-0.1, -0.05) is 262 Å². The van der Waals surface area contributed by atoms with Crippen LogP contribution in [0.1, 0.15) is 78.0 Å². The minimum Gasteiger partial charge on any atom is -0.478 e. The zero-order valence-corrected chi connectivity index (χ0v) is 77.1. The lowest BCUT2D eigenvalue weighted by molar-refractivity contribution is -0.145. The third-order valence-electron chi connectivity index (χ3n) is 23.0. The molecule has 0 amide bonds. The van der Waals surface area contributed by atoms with Crippen LogP contribution in [-0.4, -0.2) is 55.8 Å². The molecule has 0 bridgehead atoms. The number of aliphatic carboxylic acids is 1. The number of anilines is 12. The van der Waals surface area contributed by atoms with Crippen LogP contribution in [0.5, 0.6) is 0 Å². The Labute approximate surface area is 792 Å². The molecule has 0 saturated carbocycles. The molecule has 16 rings (SSSR count). The van der Waals surface area contributed by atoms with Crippen molar-refractivity contribution in [2.24, 2.45) is 0 Å². The largest absolute Gasteiger partial charge is 0.478 e. The highest BCUT2D eigenvalue weighted by atomic mass is 16.5. The SMILES string of the molecule is C=C(COC(=O)c1ccc(N(c2ccccc2)c2ccccc2)cc1)C(=O)O.C=Cc1ccc(COC(=O)CCc2ccc(N(c3ccccc3)c3ccc(C)c(C)c3)cc2)cc1.COC(=O)/C=C/c1ccc(N(c2ccc(-c3ccc(-c4ccccc4)cc3)cc2)c2ccc(C)c(C)c2)cc1.COC(=O)/C=C/c1ccc(N(c2ccc(-c3ccccc3)cc2)c2ccc(C)c(C)c2)cc1. The molecule has 0 radical (unpaired) electrons. The fourth-order valence-electron chi connectivity index (χ4n) is 14.9. The Hall–Kier alpha value is -17.0. The number of benzene rings is 16. The van der Waals surface area contributed by atoms with Gasteiger partial charge in [0.05, 0.1) is 25.4 Å². The first kappa shape index (κ1) is 95.6. The number of carbonyl (C=O) groups is 5. The Morgan fingerprint density at radius 3 is 0.904 bits per heavy atom. The third kappa shape index (κ3) is 26.7. The van der Waals surface area contributed by atoms with E-state index in [1.54, 1.807) is 30.4 Å². The molecule has 0 spiro atoms. The first-order valence-electron chi connectivity index (χ1n) is 44.5. The van der Waals surface area contributed by atoms with Gasteiger partial charge in [-0.2, -0.15) is 0 Å². The van der Waals surface area contributed by atoms with E-state index >= 15 is 0 Å². The minimum absolute atomic E-state index is 0.177. The summed E-state index contributed by atoms with van der Waals surface area (Å²) in [4.78, 5) is 66.8. The summed E-state index contributed by atoms with van der Waals surface area (Å²) in [5, 5.41) is 8.78. The summed E-state index contributed by atoms with van der Waals surface area (Å²) in [6.07, 6.45) is 9.16. The van der Waals surface area contributed by atoms with Gasteiger partial charge in [0.2, 0.25) is 0 Å². The summed E-state index contributed by atoms with van der Waals surface area (Å²) in [5.41, 5.74) is 32.4. The number of hydrogen-bond donors (Lipinski definition) is 1. The summed E-state index contributed by atoms with van der Waals surface area (Å²) in [5.74, 6) is -2.72. The van der Waals surface area contributed by atoms with E-state index in [0.717, 1.165) is 96.1 Å². The van der Waals surface area contributed by atoms with Crippen LogP contribution < -0.4 is 19.6 Å². The number of nitrogens with zero attached hydrogens (tertiary/aromatic N) is 4. The second-order valence-corrected chi connectivity index (χ2v) is 32.3. The van der Waals surface area contributed by atoms with E-state index in [1.807, 2.05) is 140 Å². The molecule has 16 aromatic rings. The normalized spacial score (nSPS) is 10.7. The molecule has 16 aromatic carbocycles. The van der Waals surface area contributed by atoms with E-state index in [1.165, 1.54) is 93.1 Å². The molecular formula is C121H108N4O10. The van der Waals surface area contributed by atoms with E-state index < -0.39 is 11.9 Å². The number of carboxylic acids is 1. The number of carbonyl (C=O) groups excluding carboxylic acids is 4. The lowest BCUT2D eigenvalue weighted by atomic mass is 10.00. The molecule has 1 N–H and O–H groups in total. The van der Waals surface area contributed by atoms with Crippen LogP contribution in [0.4, 0.5) is 68.2 Å². The van der Waals surface area contributed by atoms with Crippen LogP contribution in [-0.2, 0) is 51.2 Å². The average molecular weight is 1780 g/mol. The predicted octanol–water partition coefficient (Wildman–Crippen LogP) is 30.0. The third-order valence-corrected chi connectivity index (χ3v) is 23.0. The first-order valence-corrected chi connectivity index (χ1v) is 44.5. The number of carboxylic acid groups (broad SMARTS) is 1. The highest BCUT2D eigenvalue weighted by Gasteiger charge is 2.21. The molecule has 0 fully saturated rings. The summed E-state index contributed by atoms with van der Waals surface area (Å²) >= 11 is 0. The van der Waals surface area contributed by atoms with Crippen molar-refractivity contribution in [1.82, 2.24) is 0 Å². The maximum atomic E-state index is 12.3. The van der Waals surface area contributed by atoms with Gasteiger partial charge in [-0.25, -0.2) is 19.2 Å². The van der Waals surface area contributed by atoms with E-state index in [4.69, 9.17) is 19.3 Å². The van der Waals surface area contributed by atoms with Crippen LogP contribution in [0.2, 0.25) is 0 Å². The van der Waals surface area contributed by atoms with Gasteiger partial charge in [0.15, 0.2) is 0 Å². The summed E-state index contributed by atoms with van der Waals surface area (Å²) in [6.45, 7) is 19.8. The summed E-state index contributed by atoms with van der Waals surface area (Å²) in [7, 11) is 2.75. The molecule has 0 aliphatic heterocycles. The summed E-state index contributed by atoms with van der Waals surface area (Å²) in [6, 6.07) is 136. The van der Waals surface area contributed by atoms with Crippen molar-refractivity contribution in [3.05, 3.63) is 498 Å². The zero-order valence-electron chi connectivity index (χ0n) is 77.1. The van der Waals surface area contributed by atoms with Gasteiger partial charge >= 0.3 is 29.8 Å². The van der Waals surface area contributed by atoms with Gasteiger partial charge in [0, 0.05) is 86.8 Å². The molecule has 672 valence electrons. The van der Waals surface area contributed by atoms with Crippen LogP contribution in [0.25, 0.3) is 51.6 Å². The van der Waals surface area contributed by atoms with Crippen LogP contribution in [0.15, 0.2) is 431 Å². The van der Waals surface area contributed by atoms with Crippen LogP contribution in [0, 0.1) is 41.5 Å². The highest BCUT2D eigenvalue weighted by molar-refractivity contribution is 5.93. The van der Waals surface area contributed by atoms with Crippen molar-refractivity contribution < 1.29 is 48.0 Å². The molecule has 0 unspecified atom stereocenters. The van der Waals surface area contributed by atoms with Gasteiger partial charge in [-0.15, -0.1) is 0 Å². The maximum Gasteiger partial charge on any atom is 0.338 e. The molecule has 135 heavy (non-hydrogen) atoms. The Bertz CT molecular complexity index is 6680. The lowest BCUT2D eigenvalue weighted by Crippen LogP contribution is -2.13. The number of methoxy groups -OCH3 is 2. The second-order valence-electron chi connectivity index (χ2n) is 32.3. The van der Waals surface area contributed by atoms with Crippen LogP contribution >= 0.6 is 0 Å². The quantitative estimate of drug-likeness (QED) is 0.0268. The maximum absolute atomic E-state index is 12.3. The van der Waals surface area contributed by atoms with Crippen molar-refractivity contribution >= 4 is 116 Å². The van der Waals surface area contributed by atoms with Gasteiger partial charge in [0.1, 0.15) is 13.2 Å². The van der Waals surface area contributed by atoms with Gasteiger partial charge in [-0.3, -0.25) is 4.79 Å². The van der Waals surface area contributed by atoms with Crippen molar-refractivity contribution in [3.63, 3.8) is 0 Å². The fraction of sp³-hybridized carbons (Fsp3) is 0.0992. The Balaban J connectivity index is 0.000000153. The van der Waals surface area contributed by atoms with Gasteiger partial charge < -0.3 is 43.7 Å². The number of ether oxygens (including phenoxy) is 4. The number of rotatable bonds is 29. The first-order chi connectivity index (χ1) is 65.6. The summed E-state index contributed by atoms with van der Waals surface area (Å²) < 4.78 is 19.8. The van der Waals surface area contributed by atoms with Crippen molar-refractivity contribution in [3.8, 4) is 33.4 Å². The van der Waals surface area contributed by atoms with E-state index in [2.05, 4.69) is 328 Å². The molecule has 0 aliphatic carbocycles. The lowest BCUT2D eigenvalue weighted by Gasteiger charge is -2.26. The Morgan fingerprint density at radius 2 is 0.578 bits per heavy atom. The molecule has 0 heterocycles. The Kier molecular flexibility index (Phi) is 33.7. The molecular weight excluding hydrogens is 1670 g/mol. The second kappa shape index (κ2) is 47.6. The number of aryl methyl sites for hydroxylation is 7. The average Bonchev–Trinajstić information content (AvgIpc) is 0.836. The van der Waals surface area contributed by atoms with Crippen molar-refractivity contribution in [2.75, 3.05) is 40.4 Å². The number of para-hydroxylation sites is 3. The number of esters is 4. The topological polar surface area (TPSA) is 155 Å². The molecule has 14 heteroatoms. The van der Waals surface area contributed by atoms with Crippen molar-refractivity contribution in [1.29, 1.82) is 0 Å². The fourth-order valence-corrected chi connectivity index (χ4v) is 14.9. The van der Waals surface area contributed by atoms with E-state index in [9.17, 15) is 24.0 Å². The number of hydrogen-bond acceptors (Lipinski definition) is 13. The standard InChI is InChI=1S/C36H31NO2.C32H31NO2.C30H27NO2.C23H19NO4/c1-26-9-19-35(25-27(26)2)37(33-20-10-28(11-21-33)12-24-36(38)39-3)34-22-17-32(18-23-34)31-15-13-30(14-16-31)29-7-5-4-6-8-29;1-4-26-11-13-28(14-12-26)23-35-32(34)21-17-27-15-19-30(20-16-27)33(29-8-6-5-7-9-29)31-18-10-24(2)25(3)22-31;1-22-9-15-29(21-23(22)2)31(27-16-10-24(11-17-27)12-20-30(32)33-3)28-18-13-26(14-19-28)25-7-5-4-6-8-25;1-17(22(25)26)16-28-23(27)18-12-14-21(15-13-18)24(19-8-4-2-5-9-19)20-10-6-3-7-11-20/h4-25H,1-3H3;4-16,18-20,22H,1,17,21,23H2,2-3H3;4-21H,1-3H3;2-15H,1,16H2,(H,25,26)/b24-12+;;20-12+;. The predicted molar refractivity (Wildman–Crippen MR) is 553 cm³/mol. The molecule has 14 nitrogen and oxygen atoms in total.